The first-order valence-corrected chi connectivity index (χ1v) is 15.7. The zero-order chi connectivity index (χ0) is 30.5. The highest BCUT2D eigenvalue weighted by atomic mass is 35.5. The van der Waals surface area contributed by atoms with Gasteiger partial charge in [-0.15, -0.1) is 11.3 Å². The van der Waals surface area contributed by atoms with Gasteiger partial charge in [-0.3, -0.25) is 9.89 Å². The minimum absolute atomic E-state index is 0.0435. The number of amidine groups is 1. The Labute approximate surface area is 259 Å². The zero-order valence-corrected chi connectivity index (χ0v) is 25.2. The lowest BCUT2D eigenvalue weighted by atomic mass is 9.94. The highest BCUT2D eigenvalue weighted by Crippen LogP contribution is 2.52. The number of hydrogen-bond donors (Lipinski definition) is 2. The second-order valence-electron chi connectivity index (χ2n) is 12.0. The molecule has 9 nitrogen and oxygen atoms in total. The largest absolute Gasteiger partial charge is 0.483 e. The highest BCUT2D eigenvalue weighted by Gasteiger charge is 2.50. The predicted octanol–water partition coefficient (Wildman–Crippen LogP) is 5.09. The van der Waals surface area contributed by atoms with Gasteiger partial charge in [0.25, 0.3) is 0 Å². The molecule has 6 heterocycles. The monoisotopic (exact) mass is 644 g/mol. The van der Waals surface area contributed by atoms with E-state index in [1.807, 2.05) is 6.07 Å². The number of thiophene rings is 1. The molecule has 0 saturated carbocycles. The average molecular weight is 645 g/mol. The van der Waals surface area contributed by atoms with E-state index in [2.05, 4.69) is 10.2 Å². The summed E-state index contributed by atoms with van der Waals surface area (Å²) in [6.07, 6.45) is -0.0806. The number of nitrogens with one attached hydrogen (secondary N) is 1. The van der Waals surface area contributed by atoms with Crippen LogP contribution in [-0.2, 0) is 9.47 Å². The first-order valence-electron chi connectivity index (χ1n) is 14.5. The van der Waals surface area contributed by atoms with Crippen molar-refractivity contribution in [3.05, 3.63) is 39.9 Å². The van der Waals surface area contributed by atoms with Gasteiger partial charge in [0.2, 0.25) is 6.35 Å². The van der Waals surface area contributed by atoms with Crippen molar-refractivity contribution in [3.63, 3.8) is 0 Å². The van der Waals surface area contributed by atoms with Crippen LogP contribution in [0.1, 0.15) is 30.4 Å². The molecular formula is C30H28ClF3N6O3S. The number of ether oxygens (including phenoxy) is 3. The molecule has 8 rings (SSSR count). The summed E-state index contributed by atoms with van der Waals surface area (Å²) in [6, 6.07) is 4.26. The Bertz CT molecular complexity index is 1800. The van der Waals surface area contributed by atoms with E-state index >= 15 is 4.39 Å². The maximum atomic E-state index is 17.0. The lowest BCUT2D eigenvalue weighted by Gasteiger charge is -2.40. The average Bonchev–Trinajstić information content (AvgIpc) is 3.73. The molecule has 5 aliphatic heterocycles. The molecule has 2 unspecified atom stereocenters. The fraction of sp³-hybridized carbons (Fsp3) is 0.467. The van der Waals surface area contributed by atoms with Gasteiger partial charge in [-0.05, 0) is 31.0 Å². The molecule has 230 valence electrons. The number of hydrogen-bond acceptors (Lipinski definition) is 10. The molecule has 3 aromatic rings. The van der Waals surface area contributed by atoms with Crippen molar-refractivity contribution in [2.75, 3.05) is 51.0 Å². The molecule has 3 fully saturated rings. The molecular weight excluding hydrogens is 617 g/mol. The van der Waals surface area contributed by atoms with Crippen LogP contribution in [0.3, 0.4) is 0 Å². The van der Waals surface area contributed by atoms with Crippen LogP contribution in [0.25, 0.3) is 21.2 Å². The Morgan fingerprint density at radius 1 is 1.32 bits per heavy atom. The number of benzene rings is 2. The van der Waals surface area contributed by atoms with Gasteiger partial charge in [-0.25, -0.2) is 13.2 Å². The number of nitrogens with two attached hydrogens (primary N) is 1. The molecule has 14 heteroatoms. The SMILES string of the molecule is CN1C2=NC3COC[C@H]3Oc3c(Cl)c(-c4ccc(F)c5sc(N)c(C#N)c45)c(F)c(c32)NC1OC[C@@]12CCCN1C[C@H](F)C2. The third kappa shape index (κ3) is 3.98. The first-order chi connectivity index (χ1) is 21.2. The number of aliphatic imine (C=N–C) groups is 1. The molecule has 0 spiro atoms. The van der Waals surface area contributed by atoms with Crippen molar-refractivity contribution in [1.29, 1.82) is 5.26 Å². The fourth-order valence-corrected chi connectivity index (χ4v) is 8.71. The van der Waals surface area contributed by atoms with Crippen LogP contribution in [0.15, 0.2) is 17.1 Å². The van der Waals surface area contributed by atoms with Crippen LogP contribution >= 0.6 is 22.9 Å². The van der Waals surface area contributed by atoms with Gasteiger partial charge in [0.15, 0.2) is 11.6 Å². The standard InChI is InChI=1S/C30H28ClF3N6O3S/c1-39-28-21-24(38-29(39)42-12-30-5-2-6-40(30)9-13(32)7-30)23(34)20(22(31)25(21)43-18-11-41-10-17(18)37-28)14-3-4-16(33)26-19(14)15(8-35)27(36)44-26/h3-4,13,17-18,29,38H,2,5-7,9-12,36H2,1H3/t13-,17?,18-,29?,30+/m1/s1. The molecule has 0 amide bonds. The summed E-state index contributed by atoms with van der Waals surface area (Å²) in [5, 5.41) is 13.3. The number of nitrogen functional groups attached to an aromatic ring is 1. The van der Waals surface area contributed by atoms with Crippen LogP contribution in [0.5, 0.6) is 5.75 Å². The van der Waals surface area contributed by atoms with E-state index in [9.17, 15) is 14.0 Å². The second-order valence-corrected chi connectivity index (χ2v) is 13.5. The Hall–Kier alpha value is -3.28. The summed E-state index contributed by atoms with van der Waals surface area (Å²) in [7, 11) is 1.78. The molecule has 0 aliphatic carbocycles. The lowest BCUT2D eigenvalue weighted by Crippen LogP contribution is -2.52. The van der Waals surface area contributed by atoms with E-state index in [1.54, 1.807) is 11.9 Å². The maximum absolute atomic E-state index is 17.0. The van der Waals surface area contributed by atoms with E-state index in [1.165, 1.54) is 12.1 Å². The molecule has 1 aromatic heterocycles. The topological polar surface area (TPSA) is 108 Å². The highest BCUT2D eigenvalue weighted by molar-refractivity contribution is 7.23. The van der Waals surface area contributed by atoms with E-state index < -0.39 is 35.8 Å². The smallest absolute Gasteiger partial charge is 0.208 e. The van der Waals surface area contributed by atoms with Crippen molar-refractivity contribution in [1.82, 2.24) is 9.80 Å². The minimum atomic E-state index is -0.916. The molecule has 0 radical (unpaired) electrons. The molecule has 5 atom stereocenters. The van der Waals surface area contributed by atoms with Crippen LogP contribution in [0.2, 0.25) is 5.02 Å². The van der Waals surface area contributed by atoms with Gasteiger partial charge < -0.3 is 30.2 Å². The summed E-state index contributed by atoms with van der Waals surface area (Å²) in [5.41, 5.74) is 6.24. The molecule has 3 N–H and O–H groups in total. The minimum Gasteiger partial charge on any atom is -0.483 e. The summed E-state index contributed by atoms with van der Waals surface area (Å²) < 4.78 is 65.0. The van der Waals surface area contributed by atoms with Crippen LogP contribution < -0.4 is 15.8 Å². The molecule has 0 bridgehead atoms. The van der Waals surface area contributed by atoms with Crippen molar-refractivity contribution in [3.8, 4) is 22.9 Å². The van der Waals surface area contributed by atoms with Gasteiger partial charge in [0.1, 0.15) is 41.0 Å². The molecule has 44 heavy (non-hydrogen) atoms. The first kappa shape index (κ1) is 28.2. The number of nitriles is 1. The van der Waals surface area contributed by atoms with Gasteiger partial charge in [0, 0.05) is 36.5 Å². The van der Waals surface area contributed by atoms with Gasteiger partial charge in [0.05, 0.1) is 46.4 Å². The van der Waals surface area contributed by atoms with Crippen molar-refractivity contribution in [2.45, 2.75) is 49.5 Å². The summed E-state index contributed by atoms with van der Waals surface area (Å²) in [6.45, 7) is 2.02. The maximum Gasteiger partial charge on any atom is 0.208 e. The number of alkyl halides is 1. The molecule has 3 saturated heterocycles. The molecule has 5 aliphatic rings. The van der Waals surface area contributed by atoms with Gasteiger partial charge >= 0.3 is 0 Å². The van der Waals surface area contributed by atoms with Crippen LogP contribution in [0.4, 0.5) is 23.9 Å². The summed E-state index contributed by atoms with van der Waals surface area (Å²) in [5.74, 6) is -0.700. The third-order valence-corrected chi connectivity index (χ3v) is 10.9. The molecule has 2 aromatic carbocycles. The normalized spacial score (nSPS) is 29.0. The fourth-order valence-electron chi connectivity index (χ4n) is 7.44. The third-order valence-electron chi connectivity index (χ3n) is 9.54. The quantitative estimate of drug-likeness (QED) is 0.404. The van der Waals surface area contributed by atoms with Gasteiger partial charge in [-0.1, -0.05) is 17.7 Å². The lowest BCUT2D eigenvalue weighted by molar-refractivity contribution is -0.0458. The van der Waals surface area contributed by atoms with Gasteiger partial charge in [-0.2, -0.15) is 5.26 Å². The Morgan fingerprint density at radius 3 is 2.98 bits per heavy atom. The second kappa shape index (κ2) is 10.1. The van der Waals surface area contributed by atoms with E-state index in [-0.39, 0.29) is 67.5 Å². The Balaban J connectivity index is 1.29. The number of halogens is 4. The van der Waals surface area contributed by atoms with E-state index in [0.717, 1.165) is 30.7 Å². The predicted molar refractivity (Wildman–Crippen MR) is 161 cm³/mol. The van der Waals surface area contributed by atoms with Crippen LogP contribution in [0, 0.1) is 23.0 Å². The van der Waals surface area contributed by atoms with Crippen molar-refractivity contribution in [2.24, 2.45) is 4.99 Å². The summed E-state index contributed by atoms with van der Waals surface area (Å²) >= 11 is 7.93. The van der Waals surface area contributed by atoms with E-state index in [4.69, 9.17) is 36.5 Å². The number of rotatable bonds is 4. The van der Waals surface area contributed by atoms with E-state index in [0.29, 0.717) is 31.0 Å². The number of anilines is 2. The van der Waals surface area contributed by atoms with Crippen molar-refractivity contribution >= 4 is 49.5 Å². The van der Waals surface area contributed by atoms with Crippen molar-refractivity contribution < 1.29 is 27.4 Å². The summed E-state index contributed by atoms with van der Waals surface area (Å²) in [4.78, 5) is 8.87. The zero-order valence-electron chi connectivity index (χ0n) is 23.6. The Morgan fingerprint density at radius 2 is 2.16 bits per heavy atom. The van der Waals surface area contributed by atoms with Crippen LogP contribution in [-0.4, -0.2) is 85.8 Å². The number of nitrogens with zero attached hydrogens (tertiary/aromatic N) is 4. The number of fused-ring (bicyclic) bond motifs is 3. The Kier molecular flexibility index (Phi) is 6.49.